The molecule has 1 aromatic carbocycles. The van der Waals surface area contributed by atoms with E-state index in [2.05, 4.69) is 15.4 Å². The zero-order chi connectivity index (χ0) is 17.6. The minimum atomic E-state index is -0.244. The fourth-order valence-electron chi connectivity index (χ4n) is 2.90. The lowest BCUT2D eigenvalue weighted by Crippen LogP contribution is -2.51. The molecule has 1 fully saturated rings. The van der Waals surface area contributed by atoms with Crippen LogP contribution in [0.5, 0.6) is 0 Å². The molecule has 1 N–H and O–H groups in total. The average Bonchev–Trinajstić information content (AvgIpc) is 3.02. The number of benzene rings is 1. The van der Waals surface area contributed by atoms with Crippen molar-refractivity contribution < 1.29 is 13.7 Å². The molecule has 1 aliphatic heterocycles. The monoisotopic (exact) mass is 346 g/mol. The van der Waals surface area contributed by atoms with Gasteiger partial charge in [-0.05, 0) is 31.0 Å². The van der Waals surface area contributed by atoms with Crippen molar-refractivity contribution in [3.05, 3.63) is 53.2 Å². The van der Waals surface area contributed by atoms with Gasteiger partial charge < -0.3 is 14.7 Å². The first kappa shape index (κ1) is 17.4. The summed E-state index contributed by atoms with van der Waals surface area (Å²) in [5.41, 5.74) is 1.89. The van der Waals surface area contributed by atoms with Gasteiger partial charge in [0.05, 0.1) is 12.2 Å². The summed E-state index contributed by atoms with van der Waals surface area (Å²) >= 11 is 0. The van der Waals surface area contributed by atoms with Crippen LogP contribution < -0.4 is 5.32 Å². The second-order valence-corrected chi connectivity index (χ2v) is 6.31. The first-order chi connectivity index (χ1) is 12.1. The van der Waals surface area contributed by atoms with Crippen LogP contribution in [0, 0.1) is 12.7 Å². The van der Waals surface area contributed by atoms with Gasteiger partial charge in [-0.25, -0.2) is 9.18 Å². The molecule has 1 aliphatic rings. The van der Waals surface area contributed by atoms with E-state index >= 15 is 0 Å². The van der Waals surface area contributed by atoms with E-state index in [9.17, 15) is 9.18 Å². The maximum absolute atomic E-state index is 12.9. The molecule has 7 heteroatoms. The molecule has 25 heavy (non-hydrogen) atoms. The minimum absolute atomic E-state index is 0.0442. The van der Waals surface area contributed by atoms with Crippen molar-refractivity contribution in [1.82, 2.24) is 20.3 Å². The van der Waals surface area contributed by atoms with E-state index < -0.39 is 0 Å². The van der Waals surface area contributed by atoms with Gasteiger partial charge in [-0.1, -0.05) is 17.3 Å². The Kier molecular flexibility index (Phi) is 5.65. The molecule has 0 atom stereocenters. The Morgan fingerprint density at radius 2 is 1.96 bits per heavy atom. The molecule has 0 aliphatic carbocycles. The highest BCUT2D eigenvalue weighted by Gasteiger charge is 2.21. The average molecular weight is 346 g/mol. The summed E-state index contributed by atoms with van der Waals surface area (Å²) in [4.78, 5) is 16.3. The van der Waals surface area contributed by atoms with Gasteiger partial charge in [0.2, 0.25) is 0 Å². The predicted molar refractivity (Wildman–Crippen MR) is 91.6 cm³/mol. The molecule has 0 radical (unpaired) electrons. The number of nitrogens with zero attached hydrogens (tertiary/aromatic N) is 3. The number of hydrogen-bond donors (Lipinski definition) is 1. The van der Waals surface area contributed by atoms with Gasteiger partial charge in [-0.15, -0.1) is 0 Å². The number of carbonyl (C=O) groups excluding carboxylic acids is 1. The molecule has 3 rings (SSSR count). The largest absolute Gasteiger partial charge is 0.360 e. The normalized spacial score (nSPS) is 15.4. The lowest BCUT2D eigenvalue weighted by Gasteiger charge is -2.34. The number of amides is 2. The summed E-state index contributed by atoms with van der Waals surface area (Å²) in [7, 11) is 0. The van der Waals surface area contributed by atoms with Crippen molar-refractivity contribution in [3.8, 4) is 0 Å². The Balaban J connectivity index is 1.37. The summed E-state index contributed by atoms with van der Waals surface area (Å²) in [6.45, 7) is 6.17. The number of halogens is 1. The van der Waals surface area contributed by atoms with Crippen molar-refractivity contribution in [2.24, 2.45) is 0 Å². The third-order valence-electron chi connectivity index (χ3n) is 4.32. The van der Waals surface area contributed by atoms with Gasteiger partial charge in [-0.3, -0.25) is 4.90 Å². The van der Waals surface area contributed by atoms with Crippen LogP contribution in [-0.2, 0) is 13.0 Å². The Hall–Kier alpha value is -2.41. The fraction of sp³-hybridized carbons (Fsp3) is 0.444. The number of piperazine rings is 1. The minimum Gasteiger partial charge on any atom is -0.360 e. The smallest absolute Gasteiger partial charge is 0.317 e. The highest BCUT2D eigenvalue weighted by atomic mass is 19.1. The van der Waals surface area contributed by atoms with Crippen molar-refractivity contribution in [1.29, 1.82) is 0 Å². The van der Waals surface area contributed by atoms with Gasteiger partial charge in [0.25, 0.3) is 0 Å². The molecule has 6 nitrogen and oxygen atoms in total. The number of hydrogen-bond acceptors (Lipinski definition) is 4. The predicted octanol–water partition coefficient (Wildman–Crippen LogP) is 2.19. The molecule has 0 spiro atoms. The van der Waals surface area contributed by atoms with Crippen LogP contribution in [0.15, 0.2) is 34.9 Å². The van der Waals surface area contributed by atoms with E-state index in [0.29, 0.717) is 26.1 Å². The lowest BCUT2D eigenvalue weighted by atomic mass is 10.1. The van der Waals surface area contributed by atoms with Crippen molar-refractivity contribution in [3.63, 3.8) is 0 Å². The molecular formula is C18H23FN4O2. The molecule has 1 saturated heterocycles. The zero-order valence-corrected chi connectivity index (χ0v) is 14.4. The molecule has 2 heterocycles. The summed E-state index contributed by atoms with van der Waals surface area (Å²) < 4.78 is 18.1. The maximum atomic E-state index is 12.9. The molecule has 2 aromatic rings. The number of aryl methyl sites for hydroxylation is 1. The SMILES string of the molecule is Cc1cc(CN2CCN(C(=O)NCCc3ccc(F)cc3)CC2)on1. The summed E-state index contributed by atoms with van der Waals surface area (Å²) in [6.07, 6.45) is 0.691. The van der Waals surface area contributed by atoms with Crippen molar-refractivity contribution >= 4 is 6.03 Å². The van der Waals surface area contributed by atoms with Gasteiger partial charge in [-0.2, -0.15) is 0 Å². The lowest BCUT2D eigenvalue weighted by molar-refractivity contribution is 0.128. The standard InChI is InChI=1S/C18H23FN4O2/c1-14-12-17(25-21-14)13-22-8-10-23(11-9-22)18(24)20-7-6-15-2-4-16(19)5-3-15/h2-5,12H,6-11,13H2,1H3,(H,20,24). The molecular weight excluding hydrogens is 323 g/mol. The topological polar surface area (TPSA) is 61.6 Å². The van der Waals surface area contributed by atoms with Crippen molar-refractivity contribution in [2.45, 2.75) is 19.9 Å². The highest BCUT2D eigenvalue weighted by Crippen LogP contribution is 2.10. The summed E-state index contributed by atoms with van der Waals surface area (Å²) in [5.74, 6) is 0.612. The van der Waals surface area contributed by atoms with Crippen LogP contribution in [0.1, 0.15) is 17.0 Å². The number of carbonyl (C=O) groups is 1. The third-order valence-corrected chi connectivity index (χ3v) is 4.32. The Morgan fingerprint density at radius 3 is 2.60 bits per heavy atom. The van der Waals surface area contributed by atoms with E-state index in [1.54, 1.807) is 12.1 Å². The molecule has 2 amide bonds. The first-order valence-corrected chi connectivity index (χ1v) is 8.52. The van der Waals surface area contributed by atoms with Gasteiger partial charge >= 0.3 is 6.03 Å². The maximum Gasteiger partial charge on any atom is 0.317 e. The van der Waals surface area contributed by atoms with Crippen LogP contribution in [0.25, 0.3) is 0 Å². The van der Waals surface area contributed by atoms with Crippen LogP contribution in [-0.4, -0.2) is 53.7 Å². The molecule has 1 aromatic heterocycles. The Morgan fingerprint density at radius 1 is 1.24 bits per heavy atom. The van der Waals surface area contributed by atoms with Crippen molar-refractivity contribution in [2.75, 3.05) is 32.7 Å². The van der Waals surface area contributed by atoms with Crippen LogP contribution >= 0.6 is 0 Å². The molecule has 0 bridgehead atoms. The van der Waals surface area contributed by atoms with E-state index in [1.165, 1.54) is 12.1 Å². The highest BCUT2D eigenvalue weighted by molar-refractivity contribution is 5.74. The first-order valence-electron chi connectivity index (χ1n) is 8.52. The van der Waals surface area contributed by atoms with Crippen LogP contribution in [0.3, 0.4) is 0 Å². The third kappa shape index (κ3) is 5.03. The molecule has 0 unspecified atom stereocenters. The number of rotatable bonds is 5. The van der Waals surface area contributed by atoms with Gasteiger partial charge in [0.15, 0.2) is 5.76 Å². The van der Waals surface area contributed by atoms with Crippen LogP contribution in [0.4, 0.5) is 9.18 Å². The number of nitrogens with one attached hydrogen (secondary N) is 1. The quantitative estimate of drug-likeness (QED) is 0.902. The van der Waals surface area contributed by atoms with Gasteiger partial charge in [0, 0.05) is 38.8 Å². The summed E-state index contributed by atoms with van der Waals surface area (Å²) in [5, 5.41) is 6.82. The van der Waals surface area contributed by atoms with Gasteiger partial charge in [0.1, 0.15) is 5.82 Å². The van der Waals surface area contributed by atoms with E-state index in [0.717, 1.165) is 36.7 Å². The van der Waals surface area contributed by atoms with Crippen LogP contribution in [0.2, 0.25) is 0 Å². The van der Waals surface area contributed by atoms with E-state index in [1.807, 2.05) is 17.9 Å². The zero-order valence-electron chi connectivity index (χ0n) is 14.4. The Bertz CT molecular complexity index is 693. The Labute approximate surface area is 146 Å². The van der Waals surface area contributed by atoms with E-state index in [-0.39, 0.29) is 11.8 Å². The summed E-state index contributed by atoms with van der Waals surface area (Å²) in [6, 6.07) is 8.25. The fourth-order valence-corrected chi connectivity index (χ4v) is 2.90. The number of aromatic nitrogens is 1. The molecule has 134 valence electrons. The molecule has 0 saturated carbocycles. The van der Waals surface area contributed by atoms with E-state index in [4.69, 9.17) is 4.52 Å². The number of urea groups is 1. The second kappa shape index (κ2) is 8.11. The second-order valence-electron chi connectivity index (χ2n) is 6.31.